The molecule has 0 bridgehead atoms. The third kappa shape index (κ3) is 5.45. The van der Waals surface area contributed by atoms with E-state index in [2.05, 4.69) is 55.8 Å². The van der Waals surface area contributed by atoms with Crippen molar-refractivity contribution in [2.45, 2.75) is 24.2 Å². The fourth-order valence-electron chi connectivity index (χ4n) is 1.83. The van der Waals surface area contributed by atoms with Crippen molar-refractivity contribution in [3.63, 3.8) is 0 Å². The number of thioether (sulfide) groups is 1. The summed E-state index contributed by atoms with van der Waals surface area (Å²) in [5, 5.41) is 6.62. The first kappa shape index (κ1) is 14.7. The Balaban J connectivity index is 1.55. The number of rotatable bonds is 6. The molecule has 0 aromatic heterocycles. The molecule has 3 nitrogen and oxygen atoms in total. The van der Waals surface area contributed by atoms with Gasteiger partial charge in [0.15, 0.2) is 5.96 Å². The number of nitrogens with one attached hydrogen (secondary N) is 2. The lowest BCUT2D eigenvalue weighted by molar-refractivity contribution is 0.682. The summed E-state index contributed by atoms with van der Waals surface area (Å²) >= 11 is 5.49. The second kappa shape index (κ2) is 8.48. The number of nitrogens with zero attached hydrogens (tertiary/aromatic N) is 1. The molecule has 0 amide bonds. The predicted octanol–water partition coefficient (Wildman–Crippen LogP) is 3.26. The number of hydrogen-bond donors (Lipinski definition) is 2. The number of hydrogen-bond acceptors (Lipinski definition) is 4. The van der Waals surface area contributed by atoms with Crippen LogP contribution in [0.3, 0.4) is 0 Å². The molecule has 1 aromatic rings. The zero-order valence-electron chi connectivity index (χ0n) is 11.0. The van der Waals surface area contributed by atoms with Crippen LogP contribution in [0.4, 0.5) is 0 Å². The first-order valence-electron chi connectivity index (χ1n) is 6.76. The molecule has 2 N–H and O–H groups in total. The molecule has 0 spiro atoms. The van der Waals surface area contributed by atoms with Gasteiger partial charge in [-0.1, -0.05) is 12.1 Å². The van der Waals surface area contributed by atoms with E-state index in [-0.39, 0.29) is 0 Å². The summed E-state index contributed by atoms with van der Waals surface area (Å²) in [6.45, 7) is 3.00. The van der Waals surface area contributed by atoms with Gasteiger partial charge in [-0.3, -0.25) is 4.99 Å². The number of unbranched alkanes of at least 4 members (excludes halogenated alkanes) is 1. The largest absolute Gasteiger partial charge is 0.356 e. The van der Waals surface area contributed by atoms with E-state index in [4.69, 9.17) is 0 Å². The molecule has 0 saturated heterocycles. The minimum atomic E-state index is 0.952. The molecule has 1 aromatic carbocycles. The van der Waals surface area contributed by atoms with Crippen molar-refractivity contribution >= 4 is 33.7 Å². The van der Waals surface area contributed by atoms with Crippen LogP contribution in [-0.2, 0) is 0 Å². The van der Waals surface area contributed by atoms with Gasteiger partial charge in [-0.05, 0) is 53.1 Å². The molecule has 104 valence electrons. The van der Waals surface area contributed by atoms with Crippen molar-refractivity contribution in [3.05, 3.63) is 28.7 Å². The van der Waals surface area contributed by atoms with Crippen LogP contribution in [0.25, 0.3) is 0 Å². The van der Waals surface area contributed by atoms with Gasteiger partial charge in [0.2, 0.25) is 0 Å². The quantitative estimate of drug-likeness (QED) is 0.615. The Labute approximate surface area is 127 Å². The standard InChI is InChI=1S/C14H20BrN3S/c15-12-6-1-2-7-13(12)19-11-4-3-8-16-14-17-9-5-10-18-14/h1-2,6-7H,3-5,8-11H2,(H2,16,17,18). The topological polar surface area (TPSA) is 36.4 Å². The third-order valence-electron chi connectivity index (χ3n) is 2.86. The number of halogens is 1. The van der Waals surface area contributed by atoms with Crippen molar-refractivity contribution in [1.29, 1.82) is 0 Å². The second-order valence-corrected chi connectivity index (χ2v) is 6.41. The molecular weight excluding hydrogens is 322 g/mol. The lowest BCUT2D eigenvalue weighted by atomic mass is 10.3. The van der Waals surface area contributed by atoms with E-state index in [0.29, 0.717) is 0 Å². The molecule has 5 heteroatoms. The molecule has 0 aliphatic carbocycles. The monoisotopic (exact) mass is 341 g/mol. The summed E-state index contributed by atoms with van der Waals surface area (Å²) in [7, 11) is 0. The van der Waals surface area contributed by atoms with Crippen LogP contribution in [0.1, 0.15) is 19.3 Å². The molecule has 2 rings (SSSR count). The van der Waals surface area contributed by atoms with Crippen LogP contribution in [0.5, 0.6) is 0 Å². The first-order valence-corrected chi connectivity index (χ1v) is 8.53. The number of guanidine groups is 1. The summed E-state index contributed by atoms with van der Waals surface area (Å²) in [6, 6.07) is 8.39. The highest BCUT2D eigenvalue weighted by Crippen LogP contribution is 2.27. The highest BCUT2D eigenvalue weighted by molar-refractivity contribution is 9.10. The Kier molecular flexibility index (Phi) is 6.57. The maximum absolute atomic E-state index is 4.39. The normalized spacial score (nSPS) is 14.7. The molecular formula is C14H20BrN3S. The highest BCUT2D eigenvalue weighted by Gasteiger charge is 2.02. The highest BCUT2D eigenvalue weighted by atomic mass is 79.9. The summed E-state index contributed by atoms with van der Waals surface area (Å²) in [6.07, 6.45) is 3.54. The molecule has 0 radical (unpaired) electrons. The molecule has 0 fully saturated rings. The minimum absolute atomic E-state index is 0.952. The molecule has 0 saturated carbocycles. The van der Waals surface area contributed by atoms with Gasteiger partial charge in [0, 0.05) is 29.0 Å². The first-order chi connectivity index (χ1) is 9.36. The Morgan fingerprint density at radius 2 is 2.21 bits per heavy atom. The Bertz CT molecular complexity index is 423. The maximum atomic E-state index is 4.39. The summed E-state index contributed by atoms with van der Waals surface area (Å²) in [5.74, 6) is 2.13. The van der Waals surface area contributed by atoms with Gasteiger partial charge in [-0.15, -0.1) is 11.8 Å². The summed E-state index contributed by atoms with van der Waals surface area (Å²) < 4.78 is 1.19. The SMILES string of the molecule is Brc1ccccc1SCCCCNC1=NCCCN1. The van der Waals surface area contributed by atoms with E-state index in [1.54, 1.807) is 0 Å². The van der Waals surface area contributed by atoms with Gasteiger partial charge in [-0.2, -0.15) is 0 Å². The van der Waals surface area contributed by atoms with Gasteiger partial charge in [0.1, 0.15) is 0 Å². The smallest absolute Gasteiger partial charge is 0.191 e. The zero-order chi connectivity index (χ0) is 13.3. The Hall–Kier alpha value is -0.680. The third-order valence-corrected chi connectivity index (χ3v) is 4.97. The second-order valence-electron chi connectivity index (χ2n) is 4.42. The van der Waals surface area contributed by atoms with Gasteiger partial charge in [-0.25, -0.2) is 0 Å². The van der Waals surface area contributed by atoms with E-state index in [9.17, 15) is 0 Å². The molecule has 1 aliphatic rings. The van der Waals surface area contributed by atoms with E-state index in [1.807, 2.05) is 11.8 Å². The van der Waals surface area contributed by atoms with Crippen LogP contribution >= 0.6 is 27.7 Å². The maximum Gasteiger partial charge on any atom is 0.191 e. The molecule has 0 atom stereocenters. The van der Waals surface area contributed by atoms with Crippen molar-refractivity contribution in [3.8, 4) is 0 Å². The van der Waals surface area contributed by atoms with Crippen molar-refractivity contribution in [1.82, 2.24) is 10.6 Å². The summed E-state index contributed by atoms with van der Waals surface area (Å²) in [5.41, 5.74) is 0. The van der Waals surface area contributed by atoms with E-state index >= 15 is 0 Å². The average molecular weight is 342 g/mol. The predicted molar refractivity (Wildman–Crippen MR) is 87.0 cm³/mol. The summed E-state index contributed by atoms with van der Waals surface area (Å²) in [4.78, 5) is 5.72. The Morgan fingerprint density at radius 3 is 3.00 bits per heavy atom. The fourth-order valence-corrected chi connectivity index (χ4v) is 3.41. The molecule has 1 heterocycles. The number of benzene rings is 1. The van der Waals surface area contributed by atoms with Crippen LogP contribution in [-0.4, -0.2) is 31.3 Å². The Morgan fingerprint density at radius 1 is 1.32 bits per heavy atom. The molecule has 19 heavy (non-hydrogen) atoms. The zero-order valence-corrected chi connectivity index (χ0v) is 13.4. The van der Waals surface area contributed by atoms with Gasteiger partial charge in [0.05, 0.1) is 0 Å². The van der Waals surface area contributed by atoms with Gasteiger partial charge >= 0.3 is 0 Å². The van der Waals surface area contributed by atoms with Gasteiger partial charge in [0.25, 0.3) is 0 Å². The number of aliphatic imine (C=N–C) groups is 1. The van der Waals surface area contributed by atoms with Crippen LogP contribution in [0.2, 0.25) is 0 Å². The van der Waals surface area contributed by atoms with E-state index in [1.165, 1.54) is 22.2 Å². The van der Waals surface area contributed by atoms with E-state index < -0.39 is 0 Å². The van der Waals surface area contributed by atoms with Crippen molar-refractivity contribution < 1.29 is 0 Å². The van der Waals surface area contributed by atoms with E-state index in [0.717, 1.165) is 37.8 Å². The molecule has 1 aliphatic heterocycles. The average Bonchev–Trinajstić information content (AvgIpc) is 2.45. The van der Waals surface area contributed by atoms with Crippen molar-refractivity contribution in [2.24, 2.45) is 4.99 Å². The molecule has 0 unspecified atom stereocenters. The lowest BCUT2D eigenvalue weighted by Gasteiger charge is -2.15. The van der Waals surface area contributed by atoms with Gasteiger partial charge < -0.3 is 10.6 Å². The minimum Gasteiger partial charge on any atom is -0.356 e. The fraction of sp³-hybridized carbons (Fsp3) is 0.500. The lowest BCUT2D eigenvalue weighted by Crippen LogP contribution is -2.41. The van der Waals surface area contributed by atoms with Crippen LogP contribution in [0.15, 0.2) is 38.6 Å². The van der Waals surface area contributed by atoms with Crippen LogP contribution in [0, 0.1) is 0 Å². The van der Waals surface area contributed by atoms with Crippen molar-refractivity contribution in [2.75, 3.05) is 25.4 Å². The van der Waals surface area contributed by atoms with Crippen LogP contribution < -0.4 is 10.6 Å².